The zero-order valence-corrected chi connectivity index (χ0v) is 5.72. The molecule has 0 bridgehead atoms. The highest BCUT2D eigenvalue weighted by Crippen LogP contribution is 2.11. The maximum Gasteiger partial charge on any atom is 0.174 e. The van der Waals surface area contributed by atoms with Crippen molar-refractivity contribution in [2.45, 2.75) is 0 Å². The predicted octanol–water partition coefficient (Wildman–Crippen LogP) is 0.728. The van der Waals surface area contributed by atoms with Gasteiger partial charge in [-0.2, -0.15) is 8.75 Å². The number of aromatic amines is 1. The number of imidazole rings is 1. The van der Waals surface area contributed by atoms with Crippen LogP contribution in [0.2, 0.25) is 0 Å². The summed E-state index contributed by atoms with van der Waals surface area (Å²) in [5, 5.41) is 0. The van der Waals surface area contributed by atoms with E-state index in [0.29, 0.717) is 0 Å². The van der Waals surface area contributed by atoms with Crippen molar-refractivity contribution in [3.8, 4) is 11.4 Å². The topological polar surface area (TPSA) is 54.5 Å². The van der Waals surface area contributed by atoms with Crippen LogP contribution >= 0.6 is 11.7 Å². The Morgan fingerprint density at radius 1 is 1.50 bits per heavy atom. The minimum Gasteiger partial charge on any atom is -0.341 e. The summed E-state index contributed by atoms with van der Waals surface area (Å²) in [6, 6.07) is 0. The second-order valence-corrected chi connectivity index (χ2v) is 2.25. The third-order valence-corrected chi connectivity index (χ3v) is 1.55. The molecule has 0 aromatic carbocycles. The molecule has 10 heavy (non-hydrogen) atoms. The fraction of sp³-hybridized carbons (Fsp3) is 0. The third-order valence-electron chi connectivity index (χ3n) is 1.07. The van der Waals surface area contributed by atoms with Crippen molar-refractivity contribution in [2.75, 3.05) is 0 Å². The molecule has 4 nitrogen and oxygen atoms in total. The second-order valence-electron chi connectivity index (χ2n) is 1.69. The van der Waals surface area contributed by atoms with Crippen LogP contribution in [0.15, 0.2) is 12.4 Å². The van der Waals surface area contributed by atoms with Gasteiger partial charge in [0.25, 0.3) is 0 Å². The first kappa shape index (κ1) is 5.55. The number of H-pyrrole nitrogens is 1. The van der Waals surface area contributed by atoms with Gasteiger partial charge in [-0.05, 0) is 0 Å². The summed E-state index contributed by atoms with van der Waals surface area (Å²) in [5.41, 5.74) is 1.58. The number of rotatable bonds is 1. The number of nitrogens with one attached hydrogen (secondary N) is 1. The number of hydrogen-bond acceptors (Lipinski definition) is 4. The molecule has 0 aliphatic rings. The van der Waals surface area contributed by atoms with Gasteiger partial charge in [0.15, 0.2) is 6.33 Å². The monoisotopic (exact) mass is 151 g/mol. The normalized spacial score (nSPS) is 10.0. The summed E-state index contributed by atoms with van der Waals surface area (Å²) in [4.78, 5) is 6.60. The summed E-state index contributed by atoms with van der Waals surface area (Å²) < 4.78 is 7.83. The maximum atomic E-state index is 3.99. The molecule has 1 N–H and O–H groups in total. The van der Waals surface area contributed by atoms with Crippen LogP contribution in [0.4, 0.5) is 0 Å². The average Bonchev–Trinajstić information content (AvgIpc) is 2.59. The Bertz CT molecular complexity index is 253. The zero-order valence-electron chi connectivity index (χ0n) is 4.90. The van der Waals surface area contributed by atoms with E-state index in [1.165, 1.54) is 11.7 Å². The smallest absolute Gasteiger partial charge is 0.174 e. The fourth-order valence-electron chi connectivity index (χ4n) is 0.634. The van der Waals surface area contributed by atoms with Crippen molar-refractivity contribution in [1.29, 1.82) is 0 Å². The SMILES string of the molecule is [c]1nc(-c2cnsn2)c[nH]1. The van der Waals surface area contributed by atoms with E-state index in [2.05, 4.69) is 25.0 Å². The standard InChI is InChI=1S/C5H3N4S/c1-4(7-3-6-1)5-2-8-10-9-5/h1-2H,(H,6,7). The van der Waals surface area contributed by atoms with Gasteiger partial charge in [0.05, 0.1) is 17.9 Å². The number of aromatic nitrogens is 4. The van der Waals surface area contributed by atoms with Gasteiger partial charge in [-0.15, -0.1) is 0 Å². The molecule has 49 valence electrons. The molecule has 0 aliphatic heterocycles. The van der Waals surface area contributed by atoms with Crippen LogP contribution in [0.1, 0.15) is 0 Å². The lowest BCUT2D eigenvalue weighted by molar-refractivity contribution is 1.28. The van der Waals surface area contributed by atoms with Gasteiger partial charge in [0, 0.05) is 6.20 Å². The van der Waals surface area contributed by atoms with Gasteiger partial charge < -0.3 is 4.98 Å². The lowest BCUT2D eigenvalue weighted by Gasteiger charge is -1.80. The minimum absolute atomic E-state index is 0.786. The van der Waals surface area contributed by atoms with E-state index < -0.39 is 0 Å². The van der Waals surface area contributed by atoms with Gasteiger partial charge in [-0.1, -0.05) is 0 Å². The average molecular weight is 151 g/mol. The Morgan fingerprint density at radius 3 is 3.10 bits per heavy atom. The molecule has 2 aromatic rings. The molecular weight excluding hydrogens is 148 g/mol. The molecule has 0 spiro atoms. The fourth-order valence-corrected chi connectivity index (χ4v) is 1.06. The largest absolute Gasteiger partial charge is 0.341 e. The van der Waals surface area contributed by atoms with E-state index >= 15 is 0 Å². The summed E-state index contributed by atoms with van der Waals surface area (Å²) >= 11 is 1.17. The molecule has 2 aromatic heterocycles. The summed E-state index contributed by atoms with van der Waals surface area (Å²) in [5.74, 6) is 0. The summed E-state index contributed by atoms with van der Waals surface area (Å²) in [7, 11) is 0. The molecule has 0 aliphatic carbocycles. The number of nitrogens with zero attached hydrogens (tertiary/aromatic N) is 3. The molecule has 0 amide bonds. The van der Waals surface area contributed by atoms with Crippen molar-refractivity contribution >= 4 is 11.7 Å². The van der Waals surface area contributed by atoms with Crippen LogP contribution < -0.4 is 0 Å². The Labute approximate surface area is 61.3 Å². The van der Waals surface area contributed by atoms with Crippen LogP contribution in [0.5, 0.6) is 0 Å². The van der Waals surface area contributed by atoms with Crippen LogP contribution in [-0.4, -0.2) is 18.7 Å². The van der Waals surface area contributed by atoms with Crippen molar-refractivity contribution in [3.63, 3.8) is 0 Å². The quantitative estimate of drug-likeness (QED) is 0.653. The Balaban J connectivity index is 2.48. The van der Waals surface area contributed by atoms with E-state index in [4.69, 9.17) is 0 Å². The minimum atomic E-state index is 0.786. The van der Waals surface area contributed by atoms with E-state index in [0.717, 1.165) is 11.4 Å². The summed E-state index contributed by atoms with van der Waals surface area (Å²) in [6.07, 6.45) is 5.99. The Morgan fingerprint density at radius 2 is 2.50 bits per heavy atom. The first-order chi connectivity index (χ1) is 4.97. The highest BCUT2D eigenvalue weighted by atomic mass is 32.1. The van der Waals surface area contributed by atoms with E-state index in [-0.39, 0.29) is 0 Å². The van der Waals surface area contributed by atoms with E-state index in [1.807, 2.05) is 0 Å². The Kier molecular flexibility index (Phi) is 1.21. The number of hydrogen-bond donors (Lipinski definition) is 1. The first-order valence-corrected chi connectivity index (χ1v) is 3.39. The van der Waals surface area contributed by atoms with Crippen LogP contribution in [0, 0.1) is 6.33 Å². The van der Waals surface area contributed by atoms with Gasteiger partial charge in [-0.3, -0.25) is 0 Å². The highest BCUT2D eigenvalue weighted by Gasteiger charge is 2.00. The lowest BCUT2D eigenvalue weighted by Crippen LogP contribution is -1.72. The molecule has 0 saturated heterocycles. The molecule has 0 fully saturated rings. The third kappa shape index (κ3) is 0.801. The molecule has 5 heteroatoms. The van der Waals surface area contributed by atoms with Crippen molar-refractivity contribution in [3.05, 3.63) is 18.7 Å². The predicted molar refractivity (Wildman–Crippen MR) is 36.3 cm³/mol. The molecule has 0 atom stereocenters. The molecule has 2 rings (SSSR count). The van der Waals surface area contributed by atoms with Crippen molar-refractivity contribution < 1.29 is 0 Å². The van der Waals surface area contributed by atoms with Crippen LogP contribution in [0.3, 0.4) is 0 Å². The summed E-state index contributed by atoms with van der Waals surface area (Å²) in [6.45, 7) is 0. The molecule has 0 saturated carbocycles. The van der Waals surface area contributed by atoms with Gasteiger partial charge in [0.2, 0.25) is 0 Å². The van der Waals surface area contributed by atoms with Gasteiger partial charge in [-0.25, -0.2) is 4.98 Å². The molecular formula is C5H3N4S. The molecule has 1 radical (unpaired) electrons. The first-order valence-electron chi connectivity index (χ1n) is 2.66. The van der Waals surface area contributed by atoms with E-state index in [9.17, 15) is 0 Å². The van der Waals surface area contributed by atoms with Crippen LogP contribution in [-0.2, 0) is 0 Å². The Hall–Kier alpha value is -1.23. The van der Waals surface area contributed by atoms with Gasteiger partial charge in [0.1, 0.15) is 11.4 Å². The van der Waals surface area contributed by atoms with E-state index in [1.54, 1.807) is 12.4 Å². The lowest BCUT2D eigenvalue weighted by atomic mass is 10.4. The zero-order chi connectivity index (χ0) is 6.81. The molecule has 0 unspecified atom stereocenters. The highest BCUT2D eigenvalue weighted by molar-refractivity contribution is 6.99. The van der Waals surface area contributed by atoms with Gasteiger partial charge >= 0.3 is 0 Å². The van der Waals surface area contributed by atoms with Crippen molar-refractivity contribution in [1.82, 2.24) is 18.7 Å². The van der Waals surface area contributed by atoms with Crippen LogP contribution in [0.25, 0.3) is 11.4 Å². The second kappa shape index (κ2) is 2.18. The molecule has 2 heterocycles. The van der Waals surface area contributed by atoms with Crippen molar-refractivity contribution in [2.24, 2.45) is 0 Å². The maximum absolute atomic E-state index is 3.99.